The fourth-order valence-corrected chi connectivity index (χ4v) is 2.60. The third kappa shape index (κ3) is 3.88. The summed E-state index contributed by atoms with van der Waals surface area (Å²) in [5.74, 6) is 0.446. The molecule has 0 saturated carbocycles. The van der Waals surface area contributed by atoms with E-state index in [0.717, 1.165) is 16.9 Å². The normalized spacial score (nSPS) is 11.3. The van der Waals surface area contributed by atoms with Crippen LogP contribution in [0.1, 0.15) is 5.69 Å². The Labute approximate surface area is 156 Å². The molecule has 4 aromatic rings. The van der Waals surface area contributed by atoms with E-state index in [0.29, 0.717) is 11.7 Å². The smallest absolute Gasteiger partial charge is 0.314 e. The van der Waals surface area contributed by atoms with E-state index in [9.17, 15) is 5.11 Å². The molecule has 2 N–H and O–H groups in total. The van der Waals surface area contributed by atoms with E-state index < -0.39 is 0 Å². The van der Waals surface area contributed by atoms with Crippen LogP contribution >= 0.6 is 0 Å². The highest BCUT2D eigenvalue weighted by Crippen LogP contribution is 2.28. The molecule has 27 heavy (non-hydrogen) atoms. The fourth-order valence-electron chi connectivity index (χ4n) is 2.60. The lowest BCUT2D eigenvalue weighted by atomic mass is 10.2. The number of anilines is 1. The summed E-state index contributed by atoms with van der Waals surface area (Å²) in [6, 6.07) is 28.5. The molecule has 0 aliphatic heterocycles. The second-order valence-corrected chi connectivity index (χ2v) is 5.83. The molecular weight excluding hydrogens is 338 g/mol. The average molecular weight is 355 g/mol. The monoisotopic (exact) mass is 355 g/mol. The number of nitrogens with one attached hydrogen (secondary N) is 1. The van der Waals surface area contributed by atoms with E-state index in [1.165, 1.54) is 0 Å². The van der Waals surface area contributed by atoms with E-state index in [-0.39, 0.29) is 11.6 Å². The van der Waals surface area contributed by atoms with Crippen molar-refractivity contribution in [2.24, 2.45) is 4.99 Å². The molecule has 0 unspecified atom stereocenters. The van der Waals surface area contributed by atoms with Crippen molar-refractivity contribution >= 4 is 17.2 Å². The molecule has 1 heterocycles. The molecule has 132 valence electrons. The van der Waals surface area contributed by atoms with Crippen molar-refractivity contribution in [1.29, 1.82) is 0 Å². The fraction of sp³-hybridized carbons (Fsp3) is 0. The Morgan fingerprint density at radius 2 is 1.41 bits per heavy atom. The van der Waals surface area contributed by atoms with Crippen LogP contribution in [0.4, 0.5) is 11.4 Å². The summed E-state index contributed by atoms with van der Waals surface area (Å²) in [4.78, 5) is 9.08. The summed E-state index contributed by atoms with van der Waals surface area (Å²) in [5, 5.41) is 13.6. The number of hydrogen-bond acceptors (Lipinski definition) is 4. The molecule has 0 amide bonds. The van der Waals surface area contributed by atoms with Crippen molar-refractivity contribution in [2.45, 2.75) is 0 Å². The van der Waals surface area contributed by atoms with Crippen molar-refractivity contribution in [2.75, 3.05) is 5.32 Å². The van der Waals surface area contributed by atoms with Crippen LogP contribution in [-0.4, -0.2) is 15.9 Å². The van der Waals surface area contributed by atoms with Gasteiger partial charge in [0.1, 0.15) is 0 Å². The number of amidine groups is 1. The van der Waals surface area contributed by atoms with Gasteiger partial charge in [-0.15, -0.1) is 0 Å². The van der Waals surface area contributed by atoms with E-state index in [1.807, 2.05) is 91.0 Å². The van der Waals surface area contributed by atoms with Crippen LogP contribution in [0.25, 0.3) is 11.5 Å². The average Bonchev–Trinajstić information content (AvgIpc) is 3.11. The first-order valence-corrected chi connectivity index (χ1v) is 8.51. The van der Waals surface area contributed by atoms with Crippen molar-refractivity contribution in [3.8, 4) is 17.4 Å². The van der Waals surface area contributed by atoms with Crippen LogP contribution in [0.5, 0.6) is 5.95 Å². The zero-order valence-corrected chi connectivity index (χ0v) is 14.4. The number of aromatic nitrogens is 1. The highest BCUT2D eigenvalue weighted by atomic mass is 16.5. The molecule has 0 saturated heterocycles. The number of rotatable bonds is 4. The third-order valence-electron chi connectivity index (χ3n) is 3.89. The van der Waals surface area contributed by atoms with Gasteiger partial charge in [0, 0.05) is 11.3 Å². The Balaban J connectivity index is 1.77. The summed E-state index contributed by atoms with van der Waals surface area (Å²) >= 11 is 0. The molecule has 1 aromatic heterocycles. The van der Waals surface area contributed by atoms with Gasteiger partial charge in [0.15, 0.2) is 11.5 Å². The third-order valence-corrected chi connectivity index (χ3v) is 3.89. The predicted molar refractivity (Wildman–Crippen MR) is 106 cm³/mol. The lowest BCUT2D eigenvalue weighted by Crippen LogP contribution is -2.14. The van der Waals surface area contributed by atoms with Gasteiger partial charge in [-0.1, -0.05) is 54.6 Å². The molecule has 0 fully saturated rings. The second-order valence-electron chi connectivity index (χ2n) is 5.83. The molecule has 0 radical (unpaired) electrons. The Kier molecular flexibility index (Phi) is 4.66. The second kappa shape index (κ2) is 7.58. The van der Waals surface area contributed by atoms with Gasteiger partial charge < -0.3 is 14.8 Å². The maximum Gasteiger partial charge on any atom is 0.314 e. The van der Waals surface area contributed by atoms with Crippen LogP contribution in [0.3, 0.4) is 0 Å². The molecule has 5 heteroatoms. The summed E-state index contributed by atoms with van der Waals surface area (Å²) in [5.41, 5.74) is 2.59. The first-order chi connectivity index (χ1) is 13.3. The molecule has 0 spiro atoms. The minimum Gasteiger partial charge on any atom is -0.479 e. The number of hydrogen-bond donors (Lipinski definition) is 2. The summed E-state index contributed by atoms with van der Waals surface area (Å²) < 4.78 is 5.48. The maximum absolute atomic E-state index is 10.4. The standard InChI is InChI=1S/C22H17N3O2/c26-22-19(25-21(27-22)16-10-4-1-5-11-16)20(23-17-12-6-2-7-13-17)24-18-14-8-3-9-15-18/h1-15,26H,(H,23,24). The first-order valence-electron chi connectivity index (χ1n) is 8.51. The molecule has 3 aromatic carbocycles. The lowest BCUT2D eigenvalue weighted by molar-refractivity contribution is 0.336. The SMILES string of the molecule is Oc1oc(-c2ccccc2)nc1C(=Nc1ccccc1)Nc1ccccc1. The zero-order valence-electron chi connectivity index (χ0n) is 14.4. The van der Waals surface area contributed by atoms with Crippen molar-refractivity contribution in [3.05, 3.63) is 96.7 Å². The summed E-state index contributed by atoms with van der Waals surface area (Å²) in [7, 11) is 0. The minimum absolute atomic E-state index is 0.251. The number of aromatic hydroxyl groups is 1. The van der Waals surface area contributed by atoms with Crippen LogP contribution in [0.2, 0.25) is 0 Å². The quantitative estimate of drug-likeness (QED) is 0.388. The minimum atomic E-state index is -0.285. The number of benzene rings is 3. The molecule has 0 aliphatic rings. The van der Waals surface area contributed by atoms with E-state index in [4.69, 9.17) is 4.42 Å². The van der Waals surface area contributed by atoms with Gasteiger partial charge in [0.2, 0.25) is 5.89 Å². The van der Waals surface area contributed by atoms with Gasteiger partial charge in [0.05, 0.1) is 5.69 Å². The number of nitrogens with zero attached hydrogens (tertiary/aromatic N) is 2. The Hall–Kier alpha value is -3.86. The van der Waals surface area contributed by atoms with E-state index in [2.05, 4.69) is 15.3 Å². The summed E-state index contributed by atoms with van der Waals surface area (Å²) in [6.07, 6.45) is 0. The molecule has 4 rings (SSSR count). The van der Waals surface area contributed by atoms with Gasteiger partial charge >= 0.3 is 5.95 Å². The van der Waals surface area contributed by atoms with Gasteiger partial charge in [-0.3, -0.25) is 0 Å². The molecule has 5 nitrogen and oxygen atoms in total. The van der Waals surface area contributed by atoms with E-state index in [1.54, 1.807) is 0 Å². The van der Waals surface area contributed by atoms with Crippen LogP contribution in [0.15, 0.2) is 100 Å². The molecule has 0 atom stereocenters. The van der Waals surface area contributed by atoms with Gasteiger partial charge in [0.25, 0.3) is 0 Å². The number of aliphatic imine (C=N–C) groups is 1. The molecular formula is C22H17N3O2. The van der Waals surface area contributed by atoms with Gasteiger partial charge in [-0.25, -0.2) is 9.98 Å². The van der Waals surface area contributed by atoms with Crippen LogP contribution in [0, 0.1) is 0 Å². The number of oxazole rings is 1. The molecule has 0 aliphatic carbocycles. The van der Waals surface area contributed by atoms with E-state index >= 15 is 0 Å². The predicted octanol–water partition coefficient (Wildman–Crippen LogP) is 5.24. The largest absolute Gasteiger partial charge is 0.479 e. The Morgan fingerprint density at radius 3 is 2.07 bits per heavy atom. The van der Waals surface area contributed by atoms with Gasteiger partial charge in [-0.2, -0.15) is 0 Å². The van der Waals surface area contributed by atoms with Crippen molar-refractivity contribution < 1.29 is 9.52 Å². The maximum atomic E-state index is 10.4. The van der Waals surface area contributed by atoms with Crippen LogP contribution < -0.4 is 5.32 Å². The number of para-hydroxylation sites is 2. The van der Waals surface area contributed by atoms with Crippen molar-refractivity contribution in [1.82, 2.24) is 4.98 Å². The Morgan fingerprint density at radius 1 is 0.815 bits per heavy atom. The highest BCUT2D eigenvalue weighted by molar-refractivity contribution is 6.09. The highest BCUT2D eigenvalue weighted by Gasteiger charge is 2.19. The molecule has 0 bridgehead atoms. The first kappa shape index (κ1) is 16.6. The zero-order chi connectivity index (χ0) is 18.5. The van der Waals surface area contributed by atoms with Crippen LogP contribution in [-0.2, 0) is 0 Å². The Bertz CT molecular complexity index is 1040. The summed E-state index contributed by atoms with van der Waals surface area (Å²) in [6.45, 7) is 0. The topological polar surface area (TPSA) is 70.7 Å². The lowest BCUT2D eigenvalue weighted by Gasteiger charge is -2.08. The van der Waals surface area contributed by atoms with Gasteiger partial charge in [-0.05, 0) is 36.4 Å². The van der Waals surface area contributed by atoms with Crippen molar-refractivity contribution in [3.63, 3.8) is 0 Å².